The van der Waals surface area contributed by atoms with Crippen molar-refractivity contribution < 1.29 is 9.15 Å². The lowest BCUT2D eigenvalue weighted by molar-refractivity contribution is 0.330. The molecule has 2 aromatic rings. The quantitative estimate of drug-likeness (QED) is 0.874. The van der Waals surface area contributed by atoms with Crippen molar-refractivity contribution in [1.82, 2.24) is 10.3 Å². The zero-order valence-electron chi connectivity index (χ0n) is 11.1. The van der Waals surface area contributed by atoms with Crippen molar-refractivity contribution in [2.75, 3.05) is 6.54 Å². The summed E-state index contributed by atoms with van der Waals surface area (Å²) in [5.74, 6) is 0.679. The molecule has 0 aliphatic heterocycles. The molecule has 0 saturated carbocycles. The maximum Gasteiger partial charge on any atom is 0.399 e. The van der Waals surface area contributed by atoms with Gasteiger partial charge in [0.1, 0.15) is 12.0 Å². The van der Waals surface area contributed by atoms with Crippen LogP contribution in [0.1, 0.15) is 25.1 Å². The lowest BCUT2D eigenvalue weighted by Crippen LogP contribution is -2.11. The van der Waals surface area contributed by atoms with E-state index in [0.717, 1.165) is 29.2 Å². The Labute approximate surface area is 117 Å². The van der Waals surface area contributed by atoms with Crippen LogP contribution in [-0.2, 0) is 13.0 Å². The first-order valence-electron chi connectivity index (χ1n) is 6.34. The largest absolute Gasteiger partial charge is 0.417 e. The summed E-state index contributed by atoms with van der Waals surface area (Å²) in [6.07, 6.45) is 2.69. The Morgan fingerprint density at radius 1 is 1.37 bits per heavy atom. The van der Waals surface area contributed by atoms with Gasteiger partial charge in [0.15, 0.2) is 0 Å². The second-order valence-electron chi connectivity index (χ2n) is 4.09. The second kappa shape index (κ2) is 6.59. The number of nitrogens with zero attached hydrogens (tertiary/aromatic N) is 1. The van der Waals surface area contributed by atoms with Crippen molar-refractivity contribution in [3.63, 3.8) is 0 Å². The predicted octanol–water partition coefficient (Wildman–Crippen LogP) is 3.79. The molecular formula is C14H17ClN2O2. The van der Waals surface area contributed by atoms with Crippen LogP contribution in [0.3, 0.4) is 0 Å². The van der Waals surface area contributed by atoms with E-state index in [2.05, 4.69) is 10.3 Å². The number of oxazole rings is 1. The first-order chi connectivity index (χ1) is 9.22. The maximum absolute atomic E-state index is 6.06. The van der Waals surface area contributed by atoms with Crippen LogP contribution in [0.15, 0.2) is 28.9 Å². The number of rotatable bonds is 6. The number of hydrogen-bond donors (Lipinski definition) is 1. The molecule has 0 saturated heterocycles. The van der Waals surface area contributed by atoms with Crippen molar-refractivity contribution in [2.24, 2.45) is 0 Å². The average Bonchev–Trinajstić information content (AvgIpc) is 2.86. The molecule has 2 rings (SSSR count). The minimum Gasteiger partial charge on any atom is -0.417 e. The van der Waals surface area contributed by atoms with E-state index in [1.165, 1.54) is 0 Å². The van der Waals surface area contributed by atoms with E-state index in [9.17, 15) is 0 Å². The van der Waals surface area contributed by atoms with Crippen LogP contribution in [-0.4, -0.2) is 11.5 Å². The fraction of sp³-hybridized carbons (Fsp3) is 0.357. The SMILES string of the molecule is CCNCc1coc(Oc2ccc(Cl)c(CC)c2)n1. The Balaban J connectivity index is 2.06. The Morgan fingerprint density at radius 3 is 2.95 bits per heavy atom. The molecule has 0 bridgehead atoms. The third-order valence-corrected chi connectivity index (χ3v) is 3.06. The Morgan fingerprint density at radius 2 is 2.21 bits per heavy atom. The highest BCUT2D eigenvalue weighted by Crippen LogP contribution is 2.26. The molecule has 0 atom stereocenters. The van der Waals surface area contributed by atoms with E-state index < -0.39 is 0 Å². The standard InChI is InChI=1S/C14H17ClN2O2/c1-3-10-7-12(5-6-13(10)15)19-14-17-11(9-18-14)8-16-4-2/h5-7,9,16H,3-4,8H2,1-2H3. The number of halogens is 1. The molecular weight excluding hydrogens is 264 g/mol. The highest BCUT2D eigenvalue weighted by Gasteiger charge is 2.07. The van der Waals surface area contributed by atoms with Gasteiger partial charge in [-0.1, -0.05) is 25.4 Å². The summed E-state index contributed by atoms with van der Waals surface area (Å²) in [6.45, 7) is 5.65. The van der Waals surface area contributed by atoms with Gasteiger partial charge in [0.25, 0.3) is 0 Å². The molecule has 5 heteroatoms. The van der Waals surface area contributed by atoms with Gasteiger partial charge in [-0.05, 0) is 36.7 Å². The van der Waals surface area contributed by atoms with E-state index in [4.69, 9.17) is 20.8 Å². The Hall–Kier alpha value is -1.52. The summed E-state index contributed by atoms with van der Waals surface area (Å²) in [7, 11) is 0. The van der Waals surface area contributed by atoms with Gasteiger partial charge in [-0.15, -0.1) is 0 Å². The van der Waals surface area contributed by atoms with Gasteiger partial charge in [-0.3, -0.25) is 0 Å². The predicted molar refractivity (Wildman–Crippen MR) is 74.8 cm³/mol. The molecule has 1 N–H and O–H groups in total. The molecule has 0 aliphatic rings. The fourth-order valence-electron chi connectivity index (χ4n) is 1.66. The molecule has 0 radical (unpaired) electrons. The molecule has 0 aliphatic carbocycles. The Kier molecular flexibility index (Phi) is 4.82. The number of nitrogens with one attached hydrogen (secondary N) is 1. The summed E-state index contributed by atoms with van der Waals surface area (Å²) in [5.41, 5.74) is 1.86. The number of ether oxygens (including phenoxy) is 1. The van der Waals surface area contributed by atoms with E-state index in [0.29, 0.717) is 12.3 Å². The first-order valence-corrected chi connectivity index (χ1v) is 6.72. The maximum atomic E-state index is 6.06. The van der Waals surface area contributed by atoms with Gasteiger partial charge >= 0.3 is 6.08 Å². The molecule has 1 heterocycles. The van der Waals surface area contributed by atoms with Crippen molar-refractivity contribution in [2.45, 2.75) is 26.8 Å². The minimum absolute atomic E-state index is 0.247. The number of benzene rings is 1. The molecule has 1 aromatic heterocycles. The smallest absolute Gasteiger partial charge is 0.399 e. The number of aryl methyl sites for hydroxylation is 1. The summed E-state index contributed by atoms with van der Waals surface area (Å²) < 4.78 is 10.8. The van der Waals surface area contributed by atoms with Crippen molar-refractivity contribution in [3.05, 3.63) is 40.7 Å². The first kappa shape index (κ1) is 13.9. The molecule has 0 amide bonds. The van der Waals surface area contributed by atoms with Crippen molar-refractivity contribution in [3.8, 4) is 11.8 Å². The van der Waals surface area contributed by atoms with E-state index >= 15 is 0 Å². The van der Waals surface area contributed by atoms with Crippen LogP contribution in [0.2, 0.25) is 5.02 Å². The van der Waals surface area contributed by atoms with Crippen LogP contribution in [0.25, 0.3) is 0 Å². The number of aromatic nitrogens is 1. The van der Waals surface area contributed by atoms with E-state index in [1.54, 1.807) is 12.3 Å². The normalized spacial score (nSPS) is 10.7. The molecule has 0 unspecified atom stereocenters. The lowest BCUT2D eigenvalue weighted by atomic mass is 10.2. The summed E-state index contributed by atoms with van der Waals surface area (Å²) in [5, 5.41) is 3.92. The van der Waals surface area contributed by atoms with Gasteiger partial charge in [0, 0.05) is 11.6 Å². The van der Waals surface area contributed by atoms with Gasteiger partial charge in [-0.25, -0.2) is 0 Å². The minimum atomic E-state index is 0.247. The lowest BCUT2D eigenvalue weighted by Gasteiger charge is -2.04. The van der Waals surface area contributed by atoms with Crippen LogP contribution >= 0.6 is 11.6 Å². The van der Waals surface area contributed by atoms with E-state index in [-0.39, 0.29) is 6.08 Å². The number of hydrogen-bond acceptors (Lipinski definition) is 4. The molecule has 102 valence electrons. The molecule has 19 heavy (non-hydrogen) atoms. The third kappa shape index (κ3) is 3.72. The van der Waals surface area contributed by atoms with Gasteiger partial charge < -0.3 is 14.5 Å². The molecule has 1 aromatic carbocycles. The molecule has 0 spiro atoms. The van der Waals surface area contributed by atoms with Gasteiger partial charge in [0.05, 0.1) is 5.69 Å². The fourth-order valence-corrected chi connectivity index (χ4v) is 1.91. The van der Waals surface area contributed by atoms with Gasteiger partial charge in [0.2, 0.25) is 0 Å². The van der Waals surface area contributed by atoms with E-state index in [1.807, 2.05) is 26.0 Å². The average molecular weight is 281 g/mol. The zero-order valence-corrected chi connectivity index (χ0v) is 11.8. The van der Waals surface area contributed by atoms with Crippen LogP contribution < -0.4 is 10.1 Å². The Bertz CT molecular complexity index is 540. The topological polar surface area (TPSA) is 47.3 Å². The zero-order chi connectivity index (χ0) is 13.7. The van der Waals surface area contributed by atoms with Gasteiger partial charge in [-0.2, -0.15) is 4.98 Å². The van der Waals surface area contributed by atoms with Crippen LogP contribution in [0.4, 0.5) is 0 Å². The van der Waals surface area contributed by atoms with Crippen LogP contribution in [0.5, 0.6) is 11.8 Å². The van der Waals surface area contributed by atoms with Crippen LogP contribution in [0, 0.1) is 0 Å². The van der Waals surface area contributed by atoms with Crippen molar-refractivity contribution in [1.29, 1.82) is 0 Å². The summed E-state index contributed by atoms with van der Waals surface area (Å²) in [6, 6.07) is 5.52. The summed E-state index contributed by atoms with van der Waals surface area (Å²) in [4.78, 5) is 4.24. The monoisotopic (exact) mass is 280 g/mol. The van der Waals surface area contributed by atoms with Crippen molar-refractivity contribution >= 4 is 11.6 Å². The molecule has 0 fully saturated rings. The summed E-state index contributed by atoms with van der Waals surface area (Å²) >= 11 is 6.06. The highest BCUT2D eigenvalue weighted by molar-refractivity contribution is 6.31. The second-order valence-corrected chi connectivity index (χ2v) is 4.50. The highest BCUT2D eigenvalue weighted by atomic mass is 35.5. The molecule has 4 nitrogen and oxygen atoms in total. The third-order valence-electron chi connectivity index (χ3n) is 2.69.